The second-order valence-electron chi connectivity index (χ2n) is 3.43. The van der Waals surface area contributed by atoms with Crippen molar-refractivity contribution in [3.8, 4) is 0 Å². The average Bonchev–Trinajstić information content (AvgIpc) is 2.39. The lowest BCUT2D eigenvalue weighted by Crippen LogP contribution is -2.10. The Morgan fingerprint density at radius 3 is 2.85 bits per heavy atom. The second-order valence-corrected chi connectivity index (χ2v) is 4.67. The first-order chi connectivity index (χ1) is 5.98. The van der Waals surface area contributed by atoms with Crippen LogP contribution in [0.3, 0.4) is 0 Å². The molecule has 0 aliphatic carbocycles. The van der Waals surface area contributed by atoms with E-state index in [-0.39, 0.29) is 12.5 Å². The quantitative estimate of drug-likeness (QED) is 0.700. The third-order valence-corrected chi connectivity index (χ3v) is 2.94. The molecular weight excluding hydrogens is 194 g/mol. The van der Waals surface area contributed by atoms with E-state index in [1.54, 1.807) is 10.9 Å². The van der Waals surface area contributed by atoms with Gasteiger partial charge in [0.1, 0.15) is 0 Å². The van der Waals surface area contributed by atoms with Gasteiger partial charge in [-0.1, -0.05) is 0 Å². The maximum absolute atomic E-state index is 12.8. The zero-order chi connectivity index (χ0) is 9.64. The summed E-state index contributed by atoms with van der Waals surface area (Å²) in [7, 11) is 0. The van der Waals surface area contributed by atoms with E-state index in [9.17, 15) is 8.78 Å². The minimum atomic E-state index is -2.65. The molecule has 1 aliphatic heterocycles. The Morgan fingerprint density at radius 1 is 1.62 bits per heavy atom. The lowest BCUT2D eigenvalue weighted by molar-refractivity contribution is 0.109. The fraction of sp³-hybridized carbons (Fsp3) is 0.625. The largest absolute Gasteiger partial charge is 0.303 e. The smallest absolute Gasteiger partial charge is 0.269 e. The Balaban J connectivity index is 2.29. The van der Waals surface area contributed by atoms with Gasteiger partial charge in [0.15, 0.2) is 0 Å². The molecule has 1 aromatic heterocycles. The summed E-state index contributed by atoms with van der Waals surface area (Å²) in [6.45, 7) is 3.95. The van der Waals surface area contributed by atoms with Crippen molar-refractivity contribution in [3.63, 3.8) is 0 Å². The summed E-state index contributed by atoms with van der Waals surface area (Å²) in [6, 6.07) is 0.236. The van der Waals surface area contributed by atoms with Gasteiger partial charge in [0.25, 0.3) is 0 Å². The molecule has 0 aromatic carbocycles. The van der Waals surface area contributed by atoms with Crippen LogP contribution in [-0.2, 0) is 6.42 Å². The molecule has 0 N–H and O–H groups in total. The van der Waals surface area contributed by atoms with Crippen LogP contribution in [0.2, 0.25) is 0 Å². The van der Waals surface area contributed by atoms with Crippen LogP contribution >= 0.6 is 11.8 Å². The Labute approximate surface area is 79.3 Å². The number of thioether (sulfide) groups is 1. The fourth-order valence-electron chi connectivity index (χ4n) is 1.28. The van der Waals surface area contributed by atoms with Crippen LogP contribution in [0.15, 0.2) is 11.1 Å². The van der Waals surface area contributed by atoms with Crippen LogP contribution in [-0.4, -0.2) is 15.0 Å². The molecule has 0 fully saturated rings. The highest BCUT2D eigenvalue weighted by molar-refractivity contribution is 8.00. The Hall–Kier alpha value is -0.580. The summed E-state index contributed by atoms with van der Waals surface area (Å²) in [5, 5.41) is 1.46. The summed E-state index contributed by atoms with van der Waals surface area (Å²) in [4.78, 5) is 0.624. The van der Waals surface area contributed by atoms with Gasteiger partial charge in [-0.05, 0) is 25.6 Å². The topological polar surface area (TPSA) is 17.8 Å². The van der Waals surface area contributed by atoms with Crippen molar-refractivity contribution in [3.05, 3.63) is 11.9 Å². The van der Waals surface area contributed by atoms with Gasteiger partial charge in [0, 0.05) is 12.2 Å². The van der Waals surface area contributed by atoms with Gasteiger partial charge in [-0.15, -0.1) is 0 Å². The minimum Gasteiger partial charge on any atom is -0.269 e. The molecule has 1 aromatic rings. The molecular formula is C8H10F2N2S. The molecule has 0 amide bonds. The number of rotatable bonds is 1. The van der Waals surface area contributed by atoms with Crippen molar-refractivity contribution in [1.29, 1.82) is 0 Å². The van der Waals surface area contributed by atoms with Gasteiger partial charge in [0.2, 0.25) is 0 Å². The first-order valence-electron chi connectivity index (χ1n) is 4.13. The molecule has 5 heteroatoms. The molecule has 0 spiro atoms. The van der Waals surface area contributed by atoms with E-state index in [0.717, 1.165) is 0 Å². The van der Waals surface area contributed by atoms with Gasteiger partial charge in [-0.25, -0.2) is 0 Å². The van der Waals surface area contributed by atoms with Crippen LogP contribution in [0.1, 0.15) is 25.6 Å². The number of hydrogen-bond donors (Lipinski definition) is 0. The Bertz CT molecular complexity index is 307. The van der Waals surface area contributed by atoms with E-state index in [2.05, 4.69) is 5.10 Å². The fourth-order valence-corrected chi connectivity index (χ4v) is 2.20. The van der Waals surface area contributed by atoms with Gasteiger partial charge in [-0.3, -0.25) is 4.68 Å². The number of alkyl halides is 2. The lowest BCUT2D eigenvalue weighted by Gasteiger charge is -2.07. The highest BCUT2D eigenvalue weighted by Gasteiger charge is 2.40. The molecule has 0 radical (unpaired) electrons. The third-order valence-electron chi connectivity index (χ3n) is 1.93. The molecule has 2 rings (SSSR count). The van der Waals surface area contributed by atoms with Crippen molar-refractivity contribution in [2.45, 2.75) is 36.5 Å². The highest BCUT2D eigenvalue weighted by Crippen LogP contribution is 2.46. The first kappa shape index (κ1) is 8.99. The van der Waals surface area contributed by atoms with Crippen molar-refractivity contribution in [1.82, 2.24) is 9.78 Å². The molecule has 1 aliphatic rings. The standard InChI is InChI=1S/C8H10F2N2S/c1-5(2)12-4-7-6(11-12)3-8(9,10)13-7/h4-5H,3H2,1-2H3. The van der Waals surface area contributed by atoms with E-state index < -0.39 is 5.25 Å². The molecule has 0 bridgehead atoms. The molecule has 72 valence electrons. The van der Waals surface area contributed by atoms with Gasteiger partial charge in [-0.2, -0.15) is 13.9 Å². The summed E-state index contributed by atoms with van der Waals surface area (Å²) >= 11 is 0.615. The van der Waals surface area contributed by atoms with Gasteiger partial charge < -0.3 is 0 Å². The number of hydrogen-bond acceptors (Lipinski definition) is 2. The number of aromatic nitrogens is 2. The van der Waals surface area contributed by atoms with E-state index in [1.165, 1.54) is 0 Å². The first-order valence-corrected chi connectivity index (χ1v) is 4.94. The van der Waals surface area contributed by atoms with Crippen LogP contribution in [0.4, 0.5) is 8.78 Å². The van der Waals surface area contributed by atoms with Gasteiger partial charge >= 0.3 is 5.25 Å². The van der Waals surface area contributed by atoms with Crippen LogP contribution in [0.25, 0.3) is 0 Å². The lowest BCUT2D eigenvalue weighted by atomic mass is 10.3. The second kappa shape index (κ2) is 2.70. The van der Waals surface area contributed by atoms with E-state index in [0.29, 0.717) is 22.4 Å². The Kier molecular flexibility index (Phi) is 1.87. The summed E-state index contributed by atoms with van der Waals surface area (Å²) in [5.74, 6) is 0. The Morgan fingerprint density at radius 2 is 2.31 bits per heavy atom. The molecule has 0 unspecified atom stereocenters. The number of halogens is 2. The van der Waals surface area contributed by atoms with Crippen molar-refractivity contribution >= 4 is 11.8 Å². The normalized spacial score (nSPS) is 19.5. The monoisotopic (exact) mass is 204 g/mol. The zero-order valence-electron chi connectivity index (χ0n) is 7.42. The van der Waals surface area contributed by atoms with Crippen molar-refractivity contribution in [2.75, 3.05) is 0 Å². The maximum Gasteiger partial charge on any atom is 0.303 e. The van der Waals surface area contributed by atoms with Crippen LogP contribution in [0, 0.1) is 0 Å². The molecule has 13 heavy (non-hydrogen) atoms. The van der Waals surface area contributed by atoms with E-state index in [1.807, 2.05) is 13.8 Å². The van der Waals surface area contributed by atoms with E-state index >= 15 is 0 Å². The summed E-state index contributed by atoms with van der Waals surface area (Å²) < 4.78 is 27.4. The van der Waals surface area contributed by atoms with Crippen LogP contribution < -0.4 is 0 Å². The number of nitrogens with zero attached hydrogens (tertiary/aromatic N) is 2. The van der Waals surface area contributed by atoms with Gasteiger partial charge in [0.05, 0.1) is 17.0 Å². The SMILES string of the molecule is CC(C)n1cc2c(n1)CC(F)(F)S2. The highest BCUT2D eigenvalue weighted by atomic mass is 32.2. The molecule has 0 atom stereocenters. The molecule has 2 heterocycles. The predicted molar refractivity (Wildman–Crippen MR) is 47.1 cm³/mol. The summed E-state index contributed by atoms with van der Waals surface area (Å²) in [5.41, 5.74) is 0.531. The van der Waals surface area contributed by atoms with Crippen molar-refractivity contribution in [2.24, 2.45) is 0 Å². The summed E-state index contributed by atoms with van der Waals surface area (Å²) in [6.07, 6.45) is 1.47. The van der Waals surface area contributed by atoms with Crippen molar-refractivity contribution < 1.29 is 8.78 Å². The van der Waals surface area contributed by atoms with Crippen LogP contribution in [0.5, 0.6) is 0 Å². The predicted octanol–water partition coefficient (Wildman–Crippen LogP) is 2.71. The zero-order valence-corrected chi connectivity index (χ0v) is 8.24. The number of fused-ring (bicyclic) bond motifs is 1. The van der Waals surface area contributed by atoms with E-state index in [4.69, 9.17) is 0 Å². The minimum absolute atomic E-state index is 0.229. The maximum atomic E-state index is 12.8. The third kappa shape index (κ3) is 1.57. The molecule has 0 saturated heterocycles. The molecule has 2 nitrogen and oxygen atoms in total. The molecule has 0 saturated carbocycles. The average molecular weight is 204 g/mol.